The van der Waals surface area contributed by atoms with Gasteiger partial charge in [-0.3, -0.25) is 4.79 Å². The van der Waals surface area contributed by atoms with E-state index in [2.05, 4.69) is 0 Å². The van der Waals surface area contributed by atoms with Crippen LogP contribution >= 0.6 is 0 Å². The predicted octanol–water partition coefficient (Wildman–Crippen LogP) is 1.43. The third kappa shape index (κ3) is 2.71. The lowest BCUT2D eigenvalue weighted by atomic mass is 10.3. The van der Waals surface area contributed by atoms with Crippen LogP contribution in [0.4, 0.5) is 14.5 Å². The molecule has 1 aromatic rings. The van der Waals surface area contributed by atoms with E-state index in [9.17, 15) is 13.6 Å². The summed E-state index contributed by atoms with van der Waals surface area (Å²) in [7, 11) is 1.34. The second kappa shape index (κ2) is 4.96. The highest BCUT2D eigenvalue weighted by Gasteiger charge is 2.19. The summed E-state index contributed by atoms with van der Waals surface area (Å²) in [6, 6.07) is 1.49. The zero-order valence-electron chi connectivity index (χ0n) is 9.28. The van der Waals surface area contributed by atoms with Crippen molar-refractivity contribution in [3.8, 4) is 0 Å². The van der Waals surface area contributed by atoms with Crippen molar-refractivity contribution in [1.82, 2.24) is 9.47 Å². The first kappa shape index (κ1) is 12.5. The highest BCUT2D eigenvalue weighted by Crippen LogP contribution is 2.13. The monoisotopic (exact) mass is 231 g/mol. The minimum absolute atomic E-state index is 0.336. The molecule has 0 radical (unpaired) electrons. The Morgan fingerprint density at radius 3 is 2.75 bits per heavy atom. The number of nitrogen functional groups attached to an aromatic ring is 1. The number of aryl methyl sites for hydroxylation is 1. The van der Waals surface area contributed by atoms with Crippen molar-refractivity contribution >= 4 is 11.6 Å². The number of carbonyl (C=O) groups excluding carboxylic acids is 1. The van der Waals surface area contributed by atoms with Crippen LogP contribution in [0.5, 0.6) is 0 Å². The highest BCUT2D eigenvalue weighted by molar-refractivity contribution is 5.93. The number of alkyl halides is 2. The van der Waals surface area contributed by atoms with E-state index in [0.29, 0.717) is 17.9 Å². The first-order valence-electron chi connectivity index (χ1n) is 4.95. The Morgan fingerprint density at radius 2 is 2.25 bits per heavy atom. The Hall–Kier alpha value is -1.59. The number of hydrogen-bond donors (Lipinski definition) is 1. The molecule has 90 valence electrons. The molecule has 1 amide bonds. The summed E-state index contributed by atoms with van der Waals surface area (Å²) in [4.78, 5) is 12.8. The number of halogens is 2. The summed E-state index contributed by atoms with van der Waals surface area (Å²) in [5.74, 6) is -0.446. The van der Waals surface area contributed by atoms with Gasteiger partial charge in [-0.05, 0) is 13.0 Å². The third-order valence-corrected chi connectivity index (χ3v) is 2.24. The minimum Gasteiger partial charge on any atom is -0.397 e. The Balaban J connectivity index is 2.86. The van der Waals surface area contributed by atoms with E-state index in [1.807, 2.05) is 6.92 Å². The van der Waals surface area contributed by atoms with Crippen molar-refractivity contribution in [2.75, 3.05) is 19.3 Å². The van der Waals surface area contributed by atoms with E-state index >= 15 is 0 Å². The molecular formula is C10H15F2N3O. The molecule has 0 saturated heterocycles. The molecule has 4 nitrogen and oxygen atoms in total. The van der Waals surface area contributed by atoms with Gasteiger partial charge in [0.2, 0.25) is 0 Å². The topological polar surface area (TPSA) is 51.3 Å². The number of nitrogens with zero attached hydrogens (tertiary/aromatic N) is 2. The summed E-state index contributed by atoms with van der Waals surface area (Å²) < 4.78 is 25.9. The SMILES string of the molecule is CCn1cc(N)cc1C(=O)N(C)CC(F)F. The Bertz CT molecular complexity index is 376. The fourth-order valence-electron chi connectivity index (χ4n) is 1.46. The van der Waals surface area contributed by atoms with Crippen molar-refractivity contribution in [1.29, 1.82) is 0 Å². The van der Waals surface area contributed by atoms with Crippen molar-refractivity contribution in [3.05, 3.63) is 18.0 Å². The van der Waals surface area contributed by atoms with Crippen LogP contribution in [0.3, 0.4) is 0 Å². The zero-order chi connectivity index (χ0) is 12.3. The molecule has 0 atom stereocenters. The lowest BCUT2D eigenvalue weighted by Crippen LogP contribution is -2.32. The molecule has 0 aliphatic rings. The van der Waals surface area contributed by atoms with Gasteiger partial charge in [-0.25, -0.2) is 8.78 Å². The molecule has 0 aliphatic carbocycles. The van der Waals surface area contributed by atoms with Crippen molar-refractivity contribution in [3.63, 3.8) is 0 Å². The predicted molar refractivity (Wildman–Crippen MR) is 57.5 cm³/mol. The third-order valence-electron chi connectivity index (χ3n) is 2.24. The number of anilines is 1. The van der Waals surface area contributed by atoms with Crippen LogP contribution in [0.25, 0.3) is 0 Å². The number of hydrogen-bond acceptors (Lipinski definition) is 2. The number of rotatable bonds is 4. The van der Waals surface area contributed by atoms with E-state index in [4.69, 9.17) is 5.73 Å². The summed E-state index contributed by atoms with van der Waals surface area (Å²) in [6.07, 6.45) is -0.917. The van der Waals surface area contributed by atoms with Gasteiger partial charge in [0.25, 0.3) is 12.3 Å². The molecule has 1 rings (SSSR count). The first-order valence-corrected chi connectivity index (χ1v) is 4.95. The van der Waals surface area contributed by atoms with Gasteiger partial charge in [0.1, 0.15) is 5.69 Å². The maximum atomic E-state index is 12.1. The van der Waals surface area contributed by atoms with E-state index in [0.717, 1.165) is 4.90 Å². The van der Waals surface area contributed by atoms with Gasteiger partial charge in [0, 0.05) is 19.8 Å². The zero-order valence-corrected chi connectivity index (χ0v) is 9.28. The molecule has 16 heavy (non-hydrogen) atoms. The lowest BCUT2D eigenvalue weighted by molar-refractivity contribution is 0.0611. The molecular weight excluding hydrogens is 216 g/mol. The fourth-order valence-corrected chi connectivity index (χ4v) is 1.46. The van der Waals surface area contributed by atoms with E-state index < -0.39 is 18.9 Å². The summed E-state index contributed by atoms with van der Waals surface area (Å²) in [5.41, 5.74) is 6.35. The van der Waals surface area contributed by atoms with E-state index in [-0.39, 0.29) is 0 Å². The Morgan fingerprint density at radius 1 is 1.62 bits per heavy atom. The van der Waals surface area contributed by atoms with Crippen LogP contribution in [0, 0.1) is 0 Å². The molecule has 0 saturated carbocycles. The van der Waals surface area contributed by atoms with Gasteiger partial charge in [0.05, 0.1) is 12.2 Å². The van der Waals surface area contributed by atoms with E-state index in [1.54, 1.807) is 10.8 Å². The van der Waals surface area contributed by atoms with Crippen molar-refractivity contribution < 1.29 is 13.6 Å². The minimum atomic E-state index is -2.53. The molecule has 0 unspecified atom stereocenters. The maximum Gasteiger partial charge on any atom is 0.270 e. The number of carbonyl (C=O) groups is 1. The maximum absolute atomic E-state index is 12.1. The van der Waals surface area contributed by atoms with Gasteiger partial charge >= 0.3 is 0 Å². The van der Waals surface area contributed by atoms with E-state index in [1.165, 1.54) is 13.1 Å². The quantitative estimate of drug-likeness (QED) is 0.852. The van der Waals surface area contributed by atoms with Gasteiger partial charge in [-0.15, -0.1) is 0 Å². The molecule has 6 heteroatoms. The number of nitrogens with two attached hydrogens (primary N) is 1. The largest absolute Gasteiger partial charge is 0.397 e. The average Bonchev–Trinajstić information content (AvgIpc) is 2.57. The molecule has 2 N–H and O–H groups in total. The molecule has 0 aliphatic heterocycles. The second-order valence-corrected chi connectivity index (χ2v) is 3.52. The van der Waals surface area contributed by atoms with Crippen molar-refractivity contribution in [2.45, 2.75) is 19.9 Å². The second-order valence-electron chi connectivity index (χ2n) is 3.52. The molecule has 0 aromatic carbocycles. The Labute approximate surface area is 92.6 Å². The smallest absolute Gasteiger partial charge is 0.270 e. The summed E-state index contributed by atoms with van der Waals surface area (Å²) in [6.45, 7) is 1.84. The van der Waals surface area contributed by atoms with Gasteiger partial charge in [-0.2, -0.15) is 0 Å². The Kier molecular flexibility index (Phi) is 3.87. The molecule has 0 fully saturated rings. The van der Waals surface area contributed by atoms with Gasteiger partial charge in [-0.1, -0.05) is 0 Å². The standard InChI is InChI=1S/C10H15F2N3O/c1-3-15-5-7(13)4-8(15)10(16)14(2)6-9(11)12/h4-5,9H,3,6,13H2,1-2H3. The van der Waals surface area contributed by atoms with Crippen LogP contribution in [-0.4, -0.2) is 35.4 Å². The highest BCUT2D eigenvalue weighted by atomic mass is 19.3. The normalized spacial score (nSPS) is 10.8. The van der Waals surface area contributed by atoms with Gasteiger partial charge < -0.3 is 15.2 Å². The van der Waals surface area contributed by atoms with Crippen LogP contribution < -0.4 is 5.73 Å². The lowest BCUT2D eigenvalue weighted by Gasteiger charge is -2.17. The molecule has 1 aromatic heterocycles. The summed E-state index contributed by atoms with van der Waals surface area (Å²) in [5, 5.41) is 0. The van der Waals surface area contributed by atoms with Crippen LogP contribution in [0.1, 0.15) is 17.4 Å². The number of aromatic nitrogens is 1. The van der Waals surface area contributed by atoms with Crippen molar-refractivity contribution in [2.24, 2.45) is 0 Å². The van der Waals surface area contributed by atoms with Crippen LogP contribution in [0.2, 0.25) is 0 Å². The number of amides is 1. The summed E-state index contributed by atoms with van der Waals surface area (Å²) >= 11 is 0. The molecule has 1 heterocycles. The van der Waals surface area contributed by atoms with Crippen LogP contribution in [0.15, 0.2) is 12.3 Å². The first-order chi connectivity index (χ1) is 7.45. The molecule has 0 spiro atoms. The fraction of sp³-hybridized carbons (Fsp3) is 0.500. The van der Waals surface area contributed by atoms with Gasteiger partial charge in [0.15, 0.2) is 0 Å². The van der Waals surface area contributed by atoms with Crippen LogP contribution in [-0.2, 0) is 6.54 Å². The average molecular weight is 231 g/mol. The molecule has 0 bridgehead atoms.